The summed E-state index contributed by atoms with van der Waals surface area (Å²) in [5.41, 5.74) is 0. The van der Waals surface area contributed by atoms with E-state index in [2.05, 4.69) is 7.11 Å². The minimum absolute atomic E-state index is 0.296. The molecule has 0 bridgehead atoms. The molecule has 20 unspecified atom stereocenters. The third-order valence-electron chi connectivity index (χ3n) is 9.31. The standard InChI is InChI=1S/C29H52O21.CH3O/c1-10-15(34)16(35)24(13(8-33)45-10)49-28-20(39)18(37)25(50-29-26(43-5-4-30)21(40)23(42-3)12(7-32)47-29)14(48-28)9-44-27-19(38)17(36)22(41-2)11(6-31)46-27;1-2/h10-40H,4-9H2,1-3H3;2H,1H2. The molecular formula is C30H55O22. The average Bonchev–Trinajstić information content (AvgIpc) is 3.15. The number of ether oxygens (including phenoxy) is 10. The van der Waals surface area contributed by atoms with Gasteiger partial charge in [0.15, 0.2) is 18.9 Å². The van der Waals surface area contributed by atoms with Crippen LogP contribution in [0.25, 0.3) is 0 Å². The fraction of sp³-hybridized carbons (Fsp3) is 0.967. The lowest BCUT2D eigenvalue weighted by atomic mass is 9.94. The number of methoxy groups -OCH3 is 2. The minimum atomic E-state index is -1.95. The van der Waals surface area contributed by atoms with Gasteiger partial charge in [0.05, 0.1) is 52.9 Å². The largest absolute Gasteiger partial charge is 0.394 e. The molecule has 4 rings (SSSR count). The van der Waals surface area contributed by atoms with Gasteiger partial charge < -0.3 is 109 Å². The topological polar surface area (TPSA) is 335 Å². The van der Waals surface area contributed by atoms with Crippen LogP contribution >= 0.6 is 0 Å². The first-order valence-electron chi connectivity index (χ1n) is 16.6. The molecule has 307 valence electrons. The zero-order valence-corrected chi connectivity index (χ0v) is 28.9. The lowest BCUT2D eigenvalue weighted by Gasteiger charge is -2.49. The summed E-state index contributed by atoms with van der Waals surface area (Å²) < 4.78 is 56.4. The zero-order valence-electron chi connectivity index (χ0n) is 28.9. The van der Waals surface area contributed by atoms with Crippen LogP contribution in [0, 0.1) is 7.11 Å². The van der Waals surface area contributed by atoms with Crippen LogP contribution in [0.5, 0.6) is 0 Å². The van der Waals surface area contributed by atoms with Crippen molar-refractivity contribution in [2.24, 2.45) is 0 Å². The van der Waals surface area contributed by atoms with Crippen LogP contribution < -0.4 is 0 Å². The molecule has 4 saturated heterocycles. The molecule has 22 nitrogen and oxygen atoms in total. The van der Waals surface area contributed by atoms with Crippen LogP contribution in [-0.2, 0) is 47.4 Å². The number of rotatable bonds is 15. The van der Waals surface area contributed by atoms with Crippen molar-refractivity contribution in [1.82, 2.24) is 0 Å². The number of aliphatic hydroxyl groups excluding tert-OH is 12. The molecule has 0 aliphatic carbocycles. The van der Waals surface area contributed by atoms with E-state index >= 15 is 0 Å². The highest BCUT2D eigenvalue weighted by molar-refractivity contribution is 4.98. The Hall–Kier alpha value is -0.880. The van der Waals surface area contributed by atoms with Crippen molar-refractivity contribution in [1.29, 1.82) is 0 Å². The molecule has 0 spiro atoms. The van der Waals surface area contributed by atoms with Gasteiger partial charge >= 0.3 is 0 Å². The Morgan fingerprint density at radius 3 is 1.48 bits per heavy atom. The highest BCUT2D eigenvalue weighted by Crippen LogP contribution is 2.34. The fourth-order valence-electron chi connectivity index (χ4n) is 6.55. The van der Waals surface area contributed by atoms with Gasteiger partial charge in [-0.3, -0.25) is 0 Å². The van der Waals surface area contributed by atoms with Crippen LogP contribution in [0.15, 0.2) is 0 Å². The summed E-state index contributed by atoms with van der Waals surface area (Å²) in [5, 5.41) is 122. The molecule has 4 aliphatic rings. The van der Waals surface area contributed by atoms with Gasteiger partial charge in [0.1, 0.15) is 97.7 Å². The molecule has 0 aromatic carbocycles. The fourth-order valence-corrected chi connectivity index (χ4v) is 6.55. The van der Waals surface area contributed by atoms with Gasteiger partial charge in [-0.05, 0) is 6.92 Å². The van der Waals surface area contributed by atoms with Gasteiger partial charge in [-0.2, -0.15) is 0 Å². The molecule has 52 heavy (non-hydrogen) atoms. The van der Waals surface area contributed by atoms with Gasteiger partial charge in [0, 0.05) is 14.2 Å². The van der Waals surface area contributed by atoms with Crippen LogP contribution in [0.1, 0.15) is 6.92 Å². The molecule has 4 heterocycles. The molecule has 20 atom stereocenters. The molecule has 4 fully saturated rings. The molecule has 12 N–H and O–H groups in total. The average molecular weight is 768 g/mol. The highest BCUT2D eigenvalue weighted by Gasteiger charge is 2.54. The van der Waals surface area contributed by atoms with Crippen molar-refractivity contribution >= 4 is 0 Å². The van der Waals surface area contributed by atoms with E-state index in [0.717, 1.165) is 0 Å². The summed E-state index contributed by atoms with van der Waals surface area (Å²) in [6.45, 7) is -1.88. The molecule has 4 aliphatic heterocycles. The Balaban J connectivity index is 0.00000358. The van der Waals surface area contributed by atoms with Gasteiger partial charge in [0.25, 0.3) is 0 Å². The second-order valence-corrected chi connectivity index (χ2v) is 12.5. The van der Waals surface area contributed by atoms with Crippen molar-refractivity contribution in [2.75, 3.05) is 53.9 Å². The van der Waals surface area contributed by atoms with Crippen molar-refractivity contribution in [3.8, 4) is 0 Å². The summed E-state index contributed by atoms with van der Waals surface area (Å²) in [4.78, 5) is 0. The molecule has 0 amide bonds. The van der Waals surface area contributed by atoms with Crippen molar-refractivity contribution < 1.29 is 109 Å². The maximum atomic E-state index is 11.4. The zero-order chi connectivity index (χ0) is 38.9. The van der Waals surface area contributed by atoms with E-state index in [0.29, 0.717) is 0 Å². The van der Waals surface area contributed by atoms with Crippen LogP contribution in [0.2, 0.25) is 0 Å². The monoisotopic (exact) mass is 767 g/mol. The van der Waals surface area contributed by atoms with Gasteiger partial charge in [-0.15, -0.1) is 0 Å². The van der Waals surface area contributed by atoms with Gasteiger partial charge in [-0.25, -0.2) is 0 Å². The molecular weight excluding hydrogens is 712 g/mol. The first-order chi connectivity index (χ1) is 24.9. The van der Waals surface area contributed by atoms with Crippen LogP contribution in [0.3, 0.4) is 0 Å². The van der Waals surface area contributed by atoms with Crippen LogP contribution in [0.4, 0.5) is 0 Å². The van der Waals surface area contributed by atoms with E-state index in [-0.39, 0.29) is 6.61 Å². The maximum absolute atomic E-state index is 11.4. The van der Waals surface area contributed by atoms with E-state index in [1.807, 2.05) is 0 Å². The Morgan fingerprint density at radius 2 is 0.923 bits per heavy atom. The third kappa shape index (κ3) is 10.1. The predicted octanol–water partition coefficient (Wildman–Crippen LogP) is -7.20. The van der Waals surface area contributed by atoms with Gasteiger partial charge in [0.2, 0.25) is 0 Å². The third-order valence-corrected chi connectivity index (χ3v) is 9.31. The number of aliphatic hydroxyl groups is 12. The summed E-state index contributed by atoms with van der Waals surface area (Å²) >= 11 is 0. The highest BCUT2D eigenvalue weighted by atomic mass is 16.8. The summed E-state index contributed by atoms with van der Waals surface area (Å²) in [6.07, 6.45) is -29.3. The Labute approximate surface area is 299 Å². The Morgan fingerprint density at radius 1 is 0.481 bits per heavy atom. The summed E-state index contributed by atoms with van der Waals surface area (Å²) in [6, 6.07) is 0. The second kappa shape index (κ2) is 21.4. The van der Waals surface area contributed by atoms with Crippen molar-refractivity contribution in [2.45, 2.75) is 130 Å². The number of hydrogen-bond donors (Lipinski definition) is 12. The minimum Gasteiger partial charge on any atom is -0.394 e. The SMILES string of the molecule is COC1C(CO)OC(OCC2OC(OC3C(CO)OC(C)C(O)C3O)C(O)C(O)C2OC2OC(CO)C(OC)C(O)C2OCCO)C(O)C1O.[CH2]O. The second-order valence-electron chi connectivity index (χ2n) is 12.5. The van der Waals surface area contributed by atoms with E-state index in [1.54, 1.807) is 0 Å². The van der Waals surface area contributed by atoms with Crippen molar-refractivity contribution in [3.63, 3.8) is 0 Å². The van der Waals surface area contributed by atoms with E-state index in [1.165, 1.54) is 21.1 Å². The maximum Gasteiger partial charge on any atom is 0.187 e. The van der Waals surface area contributed by atoms with E-state index in [9.17, 15) is 56.2 Å². The van der Waals surface area contributed by atoms with E-state index in [4.69, 9.17) is 52.5 Å². The lowest BCUT2D eigenvalue weighted by Crippen LogP contribution is -2.67. The molecule has 22 heteroatoms. The molecule has 0 saturated carbocycles. The normalized spacial score (nSPS) is 47.1. The lowest BCUT2D eigenvalue weighted by molar-refractivity contribution is -0.381. The predicted molar refractivity (Wildman–Crippen MR) is 165 cm³/mol. The Kier molecular flexibility index (Phi) is 18.8. The van der Waals surface area contributed by atoms with Gasteiger partial charge in [-0.1, -0.05) is 0 Å². The van der Waals surface area contributed by atoms with Crippen LogP contribution in [-0.4, -0.2) is 238 Å². The number of hydrogen-bond acceptors (Lipinski definition) is 22. The Bertz CT molecular complexity index is 997. The molecule has 1 radical (unpaired) electrons. The summed E-state index contributed by atoms with van der Waals surface area (Å²) in [7, 11) is 4.75. The first-order valence-corrected chi connectivity index (χ1v) is 16.6. The van der Waals surface area contributed by atoms with E-state index < -0.39 is 156 Å². The smallest absolute Gasteiger partial charge is 0.187 e. The first kappa shape index (κ1) is 45.5. The van der Waals surface area contributed by atoms with Crippen molar-refractivity contribution in [3.05, 3.63) is 7.11 Å². The quantitative estimate of drug-likeness (QED) is 0.0736. The molecule has 0 aromatic rings. The summed E-state index contributed by atoms with van der Waals surface area (Å²) in [5.74, 6) is 0. The molecule has 0 aromatic heterocycles.